The van der Waals surface area contributed by atoms with Crippen LogP contribution in [0.4, 0.5) is 21.9 Å². The highest BCUT2D eigenvalue weighted by molar-refractivity contribution is 6.34. The zero-order valence-corrected chi connectivity index (χ0v) is 15.4. The van der Waals surface area contributed by atoms with Crippen LogP contribution in [0.1, 0.15) is 0 Å². The van der Waals surface area contributed by atoms with E-state index in [0.717, 1.165) is 22.2 Å². The van der Waals surface area contributed by atoms with Crippen LogP contribution >= 0.6 is 11.6 Å². The van der Waals surface area contributed by atoms with Gasteiger partial charge in [0.15, 0.2) is 0 Å². The SMILES string of the molecule is Nc1ccc(NC(=O)Nc2cccc(-c3ncnc4ccccc34)c2)c(Cl)c1. The summed E-state index contributed by atoms with van der Waals surface area (Å²) in [5.41, 5.74) is 9.85. The minimum absolute atomic E-state index is 0.372. The molecule has 28 heavy (non-hydrogen) atoms. The van der Waals surface area contributed by atoms with Gasteiger partial charge in [-0.25, -0.2) is 14.8 Å². The number of fused-ring (bicyclic) bond motifs is 1. The van der Waals surface area contributed by atoms with E-state index in [9.17, 15) is 4.79 Å². The molecule has 0 aliphatic rings. The van der Waals surface area contributed by atoms with Crippen molar-refractivity contribution in [3.8, 4) is 11.3 Å². The second-order valence-corrected chi connectivity index (χ2v) is 6.55. The molecule has 0 aliphatic carbocycles. The summed E-state index contributed by atoms with van der Waals surface area (Å²) in [5, 5.41) is 6.84. The first-order valence-electron chi connectivity index (χ1n) is 8.53. The number of amides is 2. The Hall–Kier alpha value is -3.64. The first-order valence-corrected chi connectivity index (χ1v) is 8.91. The molecule has 0 fully saturated rings. The molecule has 4 rings (SSSR count). The molecule has 1 aromatic heterocycles. The van der Waals surface area contributed by atoms with Crippen LogP contribution in [0.3, 0.4) is 0 Å². The zero-order valence-electron chi connectivity index (χ0n) is 14.7. The van der Waals surface area contributed by atoms with Gasteiger partial charge >= 0.3 is 6.03 Å². The van der Waals surface area contributed by atoms with Gasteiger partial charge in [0.25, 0.3) is 0 Å². The third-order valence-electron chi connectivity index (χ3n) is 4.18. The molecule has 0 radical (unpaired) electrons. The van der Waals surface area contributed by atoms with Crippen LogP contribution in [0.25, 0.3) is 22.2 Å². The van der Waals surface area contributed by atoms with Gasteiger partial charge in [0.1, 0.15) is 6.33 Å². The normalized spacial score (nSPS) is 10.6. The smallest absolute Gasteiger partial charge is 0.323 e. The molecule has 4 aromatic rings. The highest BCUT2D eigenvalue weighted by Gasteiger charge is 2.09. The van der Waals surface area contributed by atoms with Crippen molar-refractivity contribution >= 4 is 45.6 Å². The number of nitrogen functional groups attached to an aromatic ring is 1. The van der Waals surface area contributed by atoms with Gasteiger partial charge in [-0.3, -0.25) is 0 Å². The maximum Gasteiger partial charge on any atom is 0.323 e. The Morgan fingerprint density at radius 2 is 1.79 bits per heavy atom. The summed E-state index contributed by atoms with van der Waals surface area (Å²) in [4.78, 5) is 21.0. The van der Waals surface area contributed by atoms with Crippen molar-refractivity contribution in [2.45, 2.75) is 0 Å². The molecule has 4 N–H and O–H groups in total. The third-order valence-corrected chi connectivity index (χ3v) is 4.49. The van der Waals surface area contributed by atoms with Crippen molar-refractivity contribution in [1.82, 2.24) is 9.97 Å². The first kappa shape index (κ1) is 17.8. The molecule has 0 saturated heterocycles. The molecule has 0 bridgehead atoms. The topological polar surface area (TPSA) is 92.9 Å². The monoisotopic (exact) mass is 389 g/mol. The fraction of sp³-hybridized carbons (Fsp3) is 0. The van der Waals surface area contributed by atoms with Gasteiger partial charge in [0.05, 0.1) is 21.9 Å². The van der Waals surface area contributed by atoms with Crippen molar-refractivity contribution in [3.63, 3.8) is 0 Å². The van der Waals surface area contributed by atoms with Gasteiger partial charge in [-0.05, 0) is 36.4 Å². The van der Waals surface area contributed by atoms with E-state index < -0.39 is 6.03 Å². The minimum atomic E-state index is -0.406. The van der Waals surface area contributed by atoms with Crippen molar-refractivity contribution < 1.29 is 4.79 Å². The highest BCUT2D eigenvalue weighted by atomic mass is 35.5. The second-order valence-electron chi connectivity index (χ2n) is 6.14. The quantitative estimate of drug-likeness (QED) is 0.421. The number of nitrogens with two attached hydrogens (primary N) is 1. The Kier molecular flexibility index (Phi) is 4.78. The van der Waals surface area contributed by atoms with Gasteiger partial charge in [-0.1, -0.05) is 41.9 Å². The maximum absolute atomic E-state index is 12.3. The molecule has 2 amide bonds. The lowest BCUT2D eigenvalue weighted by Crippen LogP contribution is -2.19. The molecular weight excluding hydrogens is 374 g/mol. The Balaban J connectivity index is 1.58. The molecule has 3 aromatic carbocycles. The van der Waals surface area contributed by atoms with Crippen LogP contribution in [0.2, 0.25) is 5.02 Å². The molecule has 0 atom stereocenters. The lowest BCUT2D eigenvalue weighted by Gasteiger charge is -2.11. The lowest BCUT2D eigenvalue weighted by atomic mass is 10.1. The molecule has 138 valence electrons. The van der Waals surface area contributed by atoms with Crippen LogP contribution < -0.4 is 16.4 Å². The fourth-order valence-electron chi connectivity index (χ4n) is 2.90. The predicted octanol–water partition coefficient (Wildman–Crippen LogP) is 5.18. The summed E-state index contributed by atoms with van der Waals surface area (Å²) < 4.78 is 0. The molecule has 6 nitrogen and oxygen atoms in total. The molecule has 7 heteroatoms. The van der Waals surface area contributed by atoms with E-state index in [4.69, 9.17) is 17.3 Å². The van der Waals surface area contributed by atoms with Crippen molar-refractivity contribution in [3.05, 3.63) is 78.1 Å². The molecule has 0 unspecified atom stereocenters. The molecular formula is C21H16ClN5O. The number of nitrogens with zero attached hydrogens (tertiary/aromatic N) is 2. The molecule has 0 aliphatic heterocycles. The van der Waals surface area contributed by atoms with Gasteiger partial charge in [-0.15, -0.1) is 0 Å². The van der Waals surface area contributed by atoms with Crippen molar-refractivity contribution in [2.24, 2.45) is 0 Å². The van der Waals surface area contributed by atoms with E-state index in [1.807, 2.05) is 42.5 Å². The van der Waals surface area contributed by atoms with Crippen molar-refractivity contribution in [1.29, 1.82) is 0 Å². The molecule has 1 heterocycles. The lowest BCUT2D eigenvalue weighted by molar-refractivity contribution is 0.262. The van der Waals surface area contributed by atoms with Gasteiger partial charge in [0, 0.05) is 22.3 Å². The largest absolute Gasteiger partial charge is 0.399 e. The van der Waals surface area contributed by atoms with Crippen LogP contribution in [-0.4, -0.2) is 16.0 Å². The number of anilines is 3. The van der Waals surface area contributed by atoms with Crippen LogP contribution in [0.5, 0.6) is 0 Å². The molecule has 0 saturated carbocycles. The number of aromatic nitrogens is 2. The maximum atomic E-state index is 12.3. The summed E-state index contributed by atoms with van der Waals surface area (Å²) in [6, 6.07) is 19.7. The zero-order chi connectivity index (χ0) is 19.5. The first-order chi connectivity index (χ1) is 13.6. The Bertz CT molecular complexity index is 1170. The van der Waals surface area contributed by atoms with E-state index in [1.54, 1.807) is 24.3 Å². The fourth-order valence-corrected chi connectivity index (χ4v) is 3.13. The van der Waals surface area contributed by atoms with Crippen LogP contribution in [0.15, 0.2) is 73.1 Å². The number of urea groups is 1. The van der Waals surface area contributed by atoms with Gasteiger partial charge in [-0.2, -0.15) is 0 Å². The number of hydrogen-bond donors (Lipinski definition) is 3. The molecule has 0 spiro atoms. The summed E-state index contributed by atoms with van der Waals surface area (Å²) in [6.45, 7) is 0. The number of rotatable bonds is 3. The number of benzene rings is 3. The van der Waals surface area contributed by atoms with E-state index in [2.05, 4.69) is 20.6 Å². The Labute approximate surface area is 166 Å². The average molecular weight is 390 g/mol. The Morgan fingerprint density at radius 3 is 2.64 bits per heavy atom. The predicted molar refractivity (Wildman–Crippen MR) is 113 cm³/mol. The van der Waals surface area contributed by atoms with Gasteiger partial charge in [0.2, 0.25) is 0 Å². The third kappa shape index (κ3) is 3.72. The standard InChI is InChI=1S/C21H16ClN5O/c22-17-11-14(23)8-9-19(17)27-21(28)26-15-5-3-4-13(10-15)20-16-6-1-2-7-18(16)24-12-25-20/h1-12H,23H2,(H2,26,27,28). The average Bonchev–Trinajstić information content (AvgIpc) is 2.70. The number of hydrogen-bond acceptors (Lipinski definition) is 4. The second kappa shape index (κ2) is 7.54. The van der Waals surface area contributed by atoms with Crippen LogP contribution in [-0.2, 0) is 0 Å². The van der Waals surface area contributed by atoms with E-state index >= 15 is 0 Å². The number of carbonyl (C=O) groups excluding carboxylic acids is 1. The van der Waals surface area contributed by atoms with E-state index in [1.165, 1.54) is 6.33 Å². The highest BCUT2D eigenvalue weighted by Crippen LogP contribution is 2.28. The number of para-hydroxylation sites is 1. The van der Waals surface area contributed by atoms with E-state index in [-0.39, 0.29) is 0 Å². The minimum Gasteiger partial charge on any atom is -0.399 e. The van der Waals surface area contributed by atoms with Gasteiger partial charge < -0.3 is 16.4 Å². The summed E-state index contributed by atoms with van der Waals surface area (Å²) >= 11 is 6.10. The number of carbonyl (C=O) groups is 1. The summed E-state index contributed by atoms with van der Waals surface area (Å²) in [7, 11) is 0. The summed E-state index contributed by atoms with van der Waals surface area (Å²) in [6.07, 6.45) is 1.54. The van der Waals surface area contributed by atoms with Crippen LogP contribution in [0, 0.1) is 0 Å². The summed E-state index contributed by atoms with van der Waals surface area (Å²) in [5.74, 6) is 0. The number of nitrogens with one attached hydrogen (secondary N) is 2. The van der Waals surface area contributed by atoms with Crippen molar-refractivity contribution in [2.75, 3.05) is 16.4 Å². The number of halogens is 1. The van der Waals surface area contributed by atoms with E-state index in [0.29, 0.717) is 22.1 Å². The Morgan fingerprint density at radius 1 is 0.929 bits per heavy atom.